The van der Waals surface area contributed by atoms with Crippen molar-refractivity contribution in [1.29, 1.82) is 0 Å². The van der Waals surface area contributed by atoms with E-state index in [4.69, 9.17) is 5.73 Å². The first-order chi connectivity index (χ1) is 8.04. The molecule has 0 spiro atoms. The Labute approximate surface area is 101 Å². The number of aromatic nitrogens is 2. The molecule has 1 aromatic heterocycles. The van der Waals surface area contributed by atoms with Crippen LogP contribution >= 0.6 is 0 Å². The molecule has 0 saturated heterocycles. The fourth-order valence-corrected chi connectivity index (χ4v) is 2.12. The Morgan fingerprint density at radius 1 is 1.65 bits per heavy atom. The van der Waals surface area contributed by atoms with Gasteiger partial charge in [-0.1, -0.05) is 6.92 Å². The number of aryl methyl sites for hydroxylation is 2. The lowest BCUT2D eigenvalue weighted by atomic mass is 10.2. The van der Waals surface area contributed by atoms with E-state index in [1.54, 1.807) is 11.7 Å². The van der Waals surface area contributed by atoms with Crippen LogP contribution < -0.4 is 11.1 Å². The summed E-state index contributed by atoms with van der Waals surface area (Å²) >= 11 is 0. The third-order valence-corrected chi connectivity index (χ3v) is 3.40. The molecule has 1 fully saturated rings. The second-order valence-corrected chi connectivity index (χ2v) is 4.79. The van der Waals surface area contributed by atoms with E-state index in [-0.39, 0.29) is 11.9 Å². The number of anilines is 1. The number of carbonyl (C=O) groups excluding carboxylic acids is 1. The molecular weight excluding hydrogens is 216 g/mol. The van der Waals surface area contributed by atoms with Crippen LogP contribution in [-0.4, -0.2) is 21.7 Å². The fourth-order valence-electron chi connectivity index (χ4n) is 2.12. The van der Waals surface area contributed by atoms with Crippen LogP contribution in [0.1, 0.15) is 42.9 Å². The van der Waals surface area contributed by atoms with E-state index in [0.717, 1.165) is 12.1 Å². The predicted molar refractivity (Wildman–Crippen MR) is 66.7 cm³/mol. The van der Waals surface area contributed by atoms with Crippen LogP contribution in [0.15, 0.2) is 0 Å². The van der Waals surface area contributed by atoms with E-state index in [2.05, 4.69) is 10.4 Å². The minimum atomic E-state index is -0.114. The van der Waals surface area contributed by atoms with Gasteiger partial charge in [0, 0.05) is 13.1 Å². The number of amides is 1. The van der Waals surface area contributed by atoms with Crippen molar-refractivity contribution < 1.29 is 4.79 Å². The van der Waals surface area contributed by atoms with E-state index in [1.807, 2.05) is 13.8 Å². The molecule has 0 radical (unpaired) electrons. The molecule has 1 unspecified atom stereocenters. The number of nitrogens with one attached hydrogen (secondary N) is 1. The zero-order valence-electron chi connectivity index (χ0n) is 10.7. The van der Waals surface area contributed by atoms with Crippen molar-refractivity contribution in [1.82, 2.24) is 15.1 Å². The second kappa shape index (κ2) is 4.39. The smallest absolute Gasteiger partial charge is 0.271 e. The monoisotopic (exact) mass is 236 g/mol. The van der Waals surface area contributed by atoms with Gasteiger partial charge in [-0.15, -0.1) is 0 Å². The maximum atomic E-state index is 12.1. The zero-order chi connectivity index (χ0) is 12.6. The predicted octanol–water partition coefficient (Wildman–Crippen LogP) is 1.09. The van der Waals surface area contributed by atoms with Crippen molar-refractivity contribution in [3.05, 3.63) is 11.4 Å². The molecular formula is C12H20N4O. The van der Waals surface area contributed by atoms with Crippen LogP contribution in [0.5, 0.6) is 0 Å². The van der Waals surface area contributed by atoms with E-state index in [9.17, 15) is 4.79 Å². The van der Waals surface area contributed by atoms with E-state index < -0.39 is 0 Å². The molecule has 0 aliphatic heterocycles. The number of nitrogens with zero attached hydrogens (tertiary/aromatic N) is 2. The van der Waals surface area contributed by atoms with Crippen LogP contribution in [0.25, 0.3) is 0 Å². The number of hydrogen-bond donors (Lipinski definition) is 2. The van der Waals surface area contributed by atoms with Crippen LogP contribution in [-0.2, 0) is 13.5 Å². The highest BCUT2D eigenvalue weighted by molar-refractivity contribution is 5.98. The van der Waals surface area contributed by atoms with Gasteiger partial charge in [-0.3, -0.25) is 9.48 Å². The summed E-state index contributed by atoms with van der Waals surface area (Å²) in [5.74, 6) is 0.524. The Morgan fingerprint density at radius 3 is 2.76 bits per heavy atom. The van der Waals surface area contributed by atoms with Gasteiger partial charge in [0.15, 0.2) is 0 Å². The lowest BCUT2D eigenvalue weighted by Gasteiger charge is -2.13. The summed E-state index contributed by atoms with van der Waals surface area (Å²) in [7, 11) is 1.76. The fraction of sp³-hybridized carbons (Fsp3) is 0.667. The molecule has 1 aliphatic rings. The average molecular weight is 236 g/mol. The van der Waals surface area contributed by atoms with Gasteiger partial charge in [-0.05, 0) is 32.1 Å². The lowest BCUT2D eigenvalue weighted by Crippen LogP contribution is -2.35. The summed E-state index contributed by atoms with van der Waals surface area (Å²) in [6, 6.07) is 0.224. The van der Waals surface area contributed by atoms with E-state index in [1.165, 1.54) is 12.8 Å². The summed E-state index contributed by atoms with van der Waals surface area (Å²) in [4.78, 5) is 12.1. The highest BCUT2D eigenvalue weighted by Gasteiger charge is 2.30. The highest BCUT2D eigenvalue weighted by Crippen LogP contribution is 2.32. The third-order valence-electron chi connectivity index (χ3n) is 3.40. The Hall–Kier alpha value is -1.52. The average Bonchev–Trinajstić information content (AvgIpc) is 3.05. The van der Waals surface area contributed by atoms with E-state index in [0.29, 0.717) is 17.3 Å². The molecule has 5 nitrogen and oxygen atoms in total. The highest BCUT2D eigenvalue weighted by atomic mass is 16.2. The standard InChI is InChI=1S/C12H20N4O/c1-4-9-10(13)11(16(3)15-9)12(17)14-7(2)8-5-6-8/h7-8H,4-6,13H2,1-3H3,(H,14,17). The maximum Gasteiger partial charge on any atom is 0.271 e. The van der Waals surface area contributed by atoms with Crippen LogP contribution in [0, 0.1) is 5.92 Å². The number of rotatable bonds is 4. The van der Waals surface area contributed by atoms with Crippen molar-refractivity contribution in [3.8, 4) is 0 Å². The number of hydrogen-bond acceptors (Lipinski definition) is 3. The van der Waals surface area contributed by atoms with Crippen molar-refractivity contribution in [3.63, 3.8) is 0 Å². The first-order valence-corrected chi connectivity index (χ1v) is 6.16. The van der Waals surface area contributed by atoms with Crippen LogP contribution in [0.3, 0.4) is 0 Å². The first kappa shape index (κ1) is 12.0. The topological polar surface area (TPSA) is 72.9 Å². The quantitative estimate of drug-likeness (QED) is 0.822. The van der Waals surface area contributed by atoms with Crippen molar-refractivity contribution in [2.45, 2.75) is 39.2 Å². The summed E-state index contributed by atoms with van der Waals surface area (Å²) in [5.41, 5.74) is 7.72. The maximum absolute atomic E-state index is 12.1. The lowest BCUT2D eigenvalue weighted by molar-refractivity contribution is 0.0927. The third kappa shape index (κ3) is 2.28. The molecule has 1 aromatic rings. The second-order valence-electron chi connectivity index (χ2n) is 4.79. The summed E-state index contributed by atoms with van der Waals surface area (Å²) in [6.45, 7) is 4.02. The van der Waals surface area contributed by atoms with Gasteiger partial charge in [-0.25, -0.2) is 0 Å². The molecule has 3 N–H and O–H groups in total. The molecule has 5 heteroatoms. The molecule has 1 aliphatic carbocycles. The molecule has 94 valence electrons. The van der Waals surface area contributed by atoms with Gasteiger partial charge in [0.25, 0.3) is 5.91 Å². The van der Waals surface area contributed by atoms with Crippen molar-refractivity contribution in [2.75, 3.05) is 5.73 Å². The molecule has 1 amide bonds. The summed E-state index contributed by atoms with van der Waals surface area (Å²) in [6.07, 6.45) is 3.16. The normalized spacial score (nSPS) is 16.9. The Bertz CT molecular complexity index is 434. The number of carbonyl (C=O) groups is 1. The summed E-state index contributed by atoms with van der Waals surface area (Å²) < 4.78 is 1.57. The molecule has 0 aromatic carbocycles. The van der Waals surface area contributed by atoms with Gasteiger partial charge >= 0.3 is 0 Å². The van der Waals surface area contributed by atoms with E-state index >= 15 is 0 Å². The van der Waals surface area contributed by atoms with Crippen LogP contribution in [0.2, 0.25) is 0 Å². The minimum absolute atomic E-state index is 0.114. The molecule has 1 atom stereocenters. The minimum Gasteiger partial charge on any atom is -0.395 e. The Balaban J connectivity index is 2.15. The Kier molecular flexibility index (Phi) is 3.09. The van der Waals surface area contributed by atoms with Gasteiger partial charge in [0.2, 0.25) is 0 Å². The molecule has 17 heavy (non-hydrogen) atoms. The summed E-state index contributed by atoms with van der Waals surface area (Å²) in [5, 5.41) is 7.25. The molecule has 0 bridgehead atoms. The molecule has 1 saturated carbocycles. The zero-order valence-corrected chi connectivity index (χ0v) is 10.7. The first-order valence-electron chi connectivity index (χ1n) is 6.16. The van der Waals surface area contributed by atoms with Crippen LogP contribution in [0.4, 0.5) is 5.69 Å². The number of nitrogen functional groups attached to an aromatic ring is 1. The largest absolute Gasteiger partial charge is 0.395 e. The number of nitrogens with two attached hydrogens (primary N) is 1. The van der Waals surface area contributed by atoms with Gasteiger partial charge in [-0.2, -0.15) is 5.10 Å². The van der Waals surface area contributed by atoms with Gasteiger partial charge < -0.3 is 11.1 Å². The Morgan fingerprint density at radius 2 is 2.29 bits per heavy atom. The van der Waals surface area contributed by atoms with Gasteiger partial charge in [0.1, 0.15) is 5.69 Å². The van der Waals surface area contributed by atoms with Crippen molar-refractivity contribution >= 4 is 11.6 Å². The SMILES string of the molecule is CCc1nn(C)c(C(=O)NC(C)C2CC2)c1N. The molecule has 2 rings (SSSR count). The molecule has 1 heterocycles. The van der Waals surface area contributed by atoms with Crippen molar-refractivity contribution in [2.24, 2.45) is 13.0 Å². The van der Waals surface area contributed by atoms with Gasteiger partial charge in [0.05, 0.1) is 11.4 Å².